The van der Waals surface area contributed by atoms with Gasteiger partial charge in [0, 0.05) is 6.54 Å². The quantitative estimate of drug-likeness (QED) is 0.549. The molecule has 0 aliphatic carbocycles. The van der Waals surface area contributed by atoms with Gasteiger partial charge < -0.3 is 15.2 Å². The lowest BCUT2D eigenvalue weighted by Crippen LogP contribution is -2.31. The molecule has 120 valence electrons. The molecule has 0 saturated heterocycles. The summed E-state index contributed by atoms with van der Waals surface area (Å²) in [4.78, 5) is 0. The van der Waals surface area contributed by atoms with E-state index in [1.807, 2.05) is 42.1 Å². The number of hydrogen-bond donors (Lipinski definition) is 2. The number of aliphatic hydroxyl groups excluding tert-OH is 1. The van der Waals surface area contributed by atoms with Crippen LogP contribution in [0.1, 0.15) is 31.2 Å². The molecule has 21 heavy (non-hydrogen) atoms. The largest absolute Gasteiger partial charge is 0.389 e. The third-order valence-corrected chi connectivity index (χ3v) is 3.95. The summed E-state index contributed by atoms with van der Waals surface area (Å²) in [6.45, 7) is 2.54. The highest BCUT2D eigenvalue weighted by Crippen LogP contribution is 2.04. The highest BCUT2D eigenvalue weighted by molar-refractivity contribution is 7.98. The van der Waals surface area contributed by atoms with E-state index in [1.165, 1.54) is 31.4 Å². The van der Waals surface area contributed by atoms with E-state index in [2.05, 4.69) is 11.6 Å². The molecule has 3 nitrogen and oxygen atoms in total. The fraction of sp³-hybridized carbons (Fsp3) is 0.647. The molecule has 1 aromatic carbocycles. The van der Waals surface area contributed by atoms with Crippen molar-refractivity contribution in [2.75, 3.05) is 31.7 Å². The number of thioether (sulfide) groups is 1. The molecular formula is C17H29NO2S. The maximum atomic E-state index is 9.81. The molecule has 0 bridgehead atoms. The van der Waals surface area contributed by atoms with Gasteiger partial charge in [-0.2, -0.15) is 11.8 Å². The molecule has 2 N–H and O–H groups in total. The number of hydrogen-bond acceptors (Lipinski definition) is 4. The molecule has 0 aromatic heterocycles. The molecule has 0 heterocycles. The van der Waals surface area contributed by atoms with Crippen LogP contribution in [-0.2, 0) is 11.3 Å². The number of unbranched alkanes of at least 4 members (excludes halogenated alkanes) is 3. The first kappa shape index (κ1) is 18.5. The van der Waals surface area contributed by atoms with E-state index in [1.54, 1.807) is 0 Å². The highest BCUT2D eigenvalue weighted by atomic mass is 32.2. The fourth-order valence-electron chi connectivity index (χ4n) is 2.06. The first-order valence-electron chi connectivity index (χ1n) is 7.82. The van der Waals surface area contributed by atoms with Gasteiger partial charge in [-0.15, -0.1) is 0 Å². The van der Waals surface area contributed by atoms with Crippen molar-refractivity contribution in [3.05, 3.63) is 35.9 Å². The van der Waals surface area contributed by atoms with Crippen LogP contribution in [0, 0.1) is 0 Å². The zero-order valence-electron chi connectivity index (χ0n) is 13.1. The molecule has 4 heteroatoms. The fourth-order valence-corrected chi connectivity index (χ4v) is 2.56. The second-order valence-electron chi connectivity index (χ2n) is 5.27. The van der Waals surface area contributed by atoms with E-state index in [0.717, 1.165) is 12.1 Å². The van der Waals surface area contributed by atoms with Crippen molar-refractivity contribution in [2.45, 2.75) is 38.4 Å². The number of nitrogens with one attached hydrogen (secondary N) is 1. The van der Waals surface area contributed by atoms with E-state index in [-0.39, 0.29) is 0 Å². The average molecular weight is 311 g/mol. The summed E-state index contributed by atoms with van der Waals surface area (Å²) < 4.78 is 5.51. The maximum Gasteiger partial charge on any atom is 0.0897 e. The normalized spacial score (nSPS) is 12.5. The van der Waals surface area contributed by atoms with Crippen LogP contribution < -0.4 is 5.32 Å². The molecule has 1 aromatic rings. The van der Waals surface area contributed by atoms with Crippen molar-refractivity contribution in [3.63, 3.8) is 0 Å². The molecular weight excluding hydrogens is 282 g/mol. The van der Waals surface area contributed by atoms with Crippen LogP contribution in [0.5, 0.6) is 0 Å². The van der Waals surface area contributed by atoms with Crippen molar-refractivity contribution < 1.29 is 9.84 Å². The van der Waals surface area contributed by atoms with Crippen molar-refractivity contribution in [1.29, 1.82) is 0 Å². The second-order valence-corrected chi connectivity index (χ2v) is 6.25. The standard InChI is InChI=1S/C17H29NO2S/c1-21-12-8-3-2-7-11-18-13-17(19)15-20-14-16-9-5-4-6-10-16/h4-6,9-10,17-19H,2-3,7-8,11-15H2,1H3. The summed E-state index contributed by atoms with van der Waals surface area (Å²) in [5.74, 6) is 1.27. The minimum Gasteiger partial charge on any atom is -0.389 e. The van der Waals surface area contributed by atoms with E-state index in [4.69, 9.17) is 4.74 Å². The molecule has 0 amide bonds. The number of aliphatic hydroxyl groups is 1. The molecule has 1 atom stereocenters. The molecule has 1 rings (SSSR count). The topological polar surface area (TPSA) is 41.5 Å². The molecule has 0 spiro atoms. The van der Waals surface area contributed by atoms with Crippen molar-refractivity contribution in [3.8, 4) is 0 Å². The van der Waals surface area contributed by atoms with Gasteiger partial charge in [-0.05, 0) is 37.0 Å². The van der Waals surface area contributed by atoms with Gasteiger partial charge in [-0.1, -0.05) is 43.2 Å². The van der Waals surface area contributed by atoms with Gasteiger partial charge in [0.1, 0.15) is 0 Å². The minimum atomic E-state index is -0.426. The second kappa shape index (κ2) is 13.1. The number of rotatable bonds is 13. The maximum absolute atomic E-state index is 9.81. The lowest BCUT2D eigenvalue weighted by atomic mass is 10.2. The monoisotopic (exact) mass is 311 g/mol. The van der Waals surface area contributed by atoms with Gasteiger partial charge in [0.15, 0.2) is 0 Å². The van der Waals surface area contributed by atoms with Crippen molar-refractivity contribution in [2.24, 2.45) is 0 Å². The summed E-state index contributed by atoms with van der Waals surface area (Å²) in [5, 5.41) is 13.1. The number of ether oxygens (including phenoxy) is 1. The van der Waals surface area contributed by atoms with Gasteiger partial charge >= 0.3 is 0 Å². The minimum absolute atomic E-state index is 0.385. The Morgan fingerprint density at radius 3 is 2.67 bits per heavy atom. The molecule has 1 unspecified atom stereocenters. The van der Waals surface area contributed by atoms with Gasteiger partial charge in [0.25, 0.3) is 0 Å². The predicted molar refractivity (Wildman–Crippen MR) is 91.8 cm³/mol. The summed E-state index contributed by atoms with van der Waals surface area (Å²) in [6.07, 6.45) is 6.82. The first-order chi connectivity index (χ1) is 10.3. The molecule has 0 fully saturated rings. The smallest absolute Gasteiger partial charge is 0.0897 e. The van der Waals surface area contributed by atoms with Crippen LogP contribution in [0.25, 0.3) is 0 Å². The van der Waals surface area contributed by atoms with Crippen LogP contribution >= 0.6 is 11.8 Å². The van der Waals surface area contributed by atoms with E-state index in [0.29, 0.717) is 19.8 Å². The zero-order chi connectivity index (χ0) is 15.2. The average Bonchev–Trinajstić information content (AvgIpc) is 2.51. The molecule has 0 radical (unpaired) electrons. The van der Waals surface area contributed by atoms with Gasteiger partial charge in [0.2, 0.25) is 0 Å². The van der Waals surface area contributed by atoms with Gasteiger partial charge in [-0.3, -0.25) is 0 Å². The number of benzene rings is 1. The van der Waals surface area contributed by atoms with Crippen molar-refractivity contribution >= 4 is 11.8 Å². The third kappa shape index (κ3) is 10.8. The molecule has 0 aliphatic rings. The lowest BCUT2D eigenvalue weighted by Gasteiger charge is -2.12. The highest BCUT2D eigenvalue weighted by Gasteiger charge is 2.03. The van der Waals surface area contributed by atoms with Crippen LogP contribution in [0.4, 0.5) is 0 Å². The van der Waals surface area contributed by atoms with E-state index < -0.39 is 6.10 Å². The Morgan fingerprint density at radius 1 is 1.14 bits per heavy atom. The Hall–Kier alpha value is -0.550. The van der Waals surface area contributed by atoms with Crippen LogP contribution in [0.15, 0.2) is 30.3 Å². The summed E-state index contributed by atoms with van der Waals surface area (Å²) in [5.41, 5.74) is 1.14. The third-order valence-electron chi connectivity index (χ3n) is 3.25. The molecule has 0 saturated carbocycles. The van der Waals surface area contributed by atoms with E-state index >= 15 is 0 Å². The Morgan fingerprint density at radius 2 is 1.90 bits per heavy atom. The van der Waals surface area contributed by atoms with E-state index in [9.17, 15) is 5.11 Å². The summed E-state index contributed by atoms with van der Waals surface area (Å²) in [6, 6.07) is 10.0. The Labute approximate surface area is 133 Å². The lowest BCUT2D eigenvalue weighted by molar-refractivity contribution is 0.0289. The van der Waals surface area contributed by atoms with Crippen molar-refractivity contribution in [1.82, 2.24) is 5.32 Å². The summed E-state index contributed by atoms with van der Waals surface area (Å²) >= 11 is 1.92. The van der Waals surface area contributed by atoms with Gasteiger partial charge in [0.05, 0.1) is 19.3 Å². The van der Waals surface area contributed by atoms with Crippen LogP contribution in [0.2, 0.25) is 0 Å². The summed E-state index contributed by atoms with van der Waals surface area (Å²) in [7, 11) is 0. The first-order valence-corrected chi connectivity index (χ1v) is 9.21. The Bertz CT molecular complexity index is 335. The van der Waals surface area contributed by atoms with Crippen LogP contribution in [-0.4, -0.2) is 42.9 Å². The Kier molecular flexibility index (Phi) is 11.6. The predicted octanol–water partition coefficient (Wildman–Crippen LogP) is 3.08. The van der Waals surface area contributed by atoms with Crippen LogP contribution in [0.3, 0.4) is 0 Å². The van der Waals surface area contributed by atoms with Gasteiger partial charge in [-0.25, -0.2) is 0 Å². The SMILES string of the molecule is CSCCCCCCNCC(O)COCc1ccccc1. The molecule has 0 aliphatic heterocycles. The Balaban J connectivity index is 1.88. The zero-order valence-corrected chi connectivity index (χ0v) is 13.9.